The number of rotatable bonds is 4. The van der Waals surface area contributed by atoms with Crippen LogP contribution in [0.1, 0.15) is 50.7 Å². The average molecular weight is 318 g/mol. The second-order valence-corrected chi connectivity index (χ2v) is 7.25. The van der Waals surface area contributed by atoms with Crippen LogP contribution in [0.25, 0.3) is 0 Å². The summed E-state index contributed by atoms with van der Waals surface area (Å²) in [5.41, 5.74) is -0.0487. The Bertz CT molecular complexity index is 530. The molecule has 3 fully saturated rings. The Kier molecular flexibility index (Phi) is 4.16. The number of carbonyl (C=O) groups is 1. The van der Waals surface area contributed by atoms with E-state index < -0.39 is 0 Å². The molecule has 5 heteroatoms. The molecule has 23 heavy (non-hydrogen) atoms. The number of nitrogens with zero attached hydrogens (tertiary/aromatic N) is 1. The number of nitrogens with one attached hydrogen (secondary N) is 1. The third-order valence-electron chi connectivity index (χ3n) is 5.86. The van der Waals surface area contributed by atoms with Crippen LogP contribution < -0.4 is 5.32 Å². The minimum Gasteiger partial charge on any atom is -0.467 e. The van der Waals surface area contributed by atoms with Gasteiger partial charge in [-0.25, -0.2) is 0 Å². The van der Waals surface area contributed by atoms with Crippen molar-refractivity contribution in [1.29, 1.82) is 0 Å². The fourth-order valence-corrected chi connectivity index (χ4v) is 4.12. The van der Waals surface area contributed by atoms with Gasteiger partial charge in [0.1, 0.15) is 11.9 Å². The quantitative estimate of drug-likeness (QED) is 0.926. The maximum Gasteiger partial charge on any atom is 0.249 e. The summed E-state index contributed by atoms with van der Waals surface area (Å²) in [4.78, 5) is 14.9. The maximum absolute atomic E-state index is 12.3. The van der Waals surface area contributed by atoms with Crippen LogP contribution >= 0.6 is 0 Å². The molecular formula is C18H26N2O3. The summed E-state index contributed by atoms with van der Waals surface area (Å²) in [7, 11) is 0. The zero-order valence-corrected chi connectivity index (χ0v) is 13.6. The van der Waals surface area contributed by atoms with Crippen LogP contribution in [0.4, 0.5) is 0 Å². The van der Waals surface area contributed by atoms with Crippen molar-refractivity contribution in [3.05, 3.63) is 24.2 Å². The minimum absolute atomic E-state index is 0.000280. The molecule has 1 N–H and O–H groups in total. The predicted molar refractivity (Wildman–Crippen MR) is 85.8 cm³/mol. The number of hydrogen-bond donors (Lipinski definition) is 1. The van der Waals surface area contributed by atoms with Crippen molar-refractivity contribution in [3.8, 4) is 0 Å². The Balaban J connectivity index is 1.26. The van der Waals surface area contributed by atoms with Crippen LogP contribution in [0, 0.1) is 0 Å². The smallest absolute Gasteiger partial charge is 0.249 e. The van der Waals surface area contributed by atoms with Crippen molar-refractivity contribution < 1.29 is 13.9 Å². The van der Waals surface area contributed by atoms with Gasteiger partial charge in [0, 0.05) is 19.1 Å². The van der Waals surface area contributed by atoms with Gasteiger partial charge in [0.15, 0.2) is 0 Å². The second-order valence-electron chi connectivity index (χ2n) is 7.25. The van der Waals surface area contributed by atoms with Crippen molar-refractivity contribution in [1.82, 2.24) is 10.2 Å². The monoisotopic (exact) mass is 318 g/mol. The molecule has 0 unspecified atom stereocenters. The number of piperidine rings is 1. The third kappa shape index (κ3) is 3.17. The zero-order chi connectivity index (χ0) is 15.7. The van der Waals surface area contributed by atoms with Crippen molar-refractivity contribution in [2.75, 3.05) is 13.1 Å². The number of ether oxygens (including phenoxy) is 1. The van der Waals surface area contributed by atoms with E-state index in [0.29, 0.717) is 6.54 Å². The molecule has 2 aliphatic heterocycles. The van der Waals surface area contributed by atoms with E-state index in [1.165, 1.54) is 19.3 Å². The molecule has 0 aromatic carbocycles. The van der Waals surface area contributed by atoms with Gasteiger partial charge in [0.05, 0.1) is 18.4 Å². The van der Waals surface area contributed by atoms with E-state index in [-0.39, 0.29) is 17.6 Å². The Labute approximate surface area is 137 Å². The van der Waals surface area contributed by atoms with E-state index in [1.807, 2.05) is 12.1 Å². The van der Waals surface area contributed by atoms with Crippen LogP contribution in [0.5, 0.6) is 0 Å². The van der Waals surface area contributed by atoms with E-state index in [0.717, 1.165) is 50.6 Å². The second kappa shape index (κ2) is 6.29. The topological polar surface area (TPSA) is 54.7 Å². The lowest BCUT2D eigenvalue weighted by Gasteiger charge is -2.45. The molecule has 3 heterocycles. The fourth-order valence-electron chi connectivity index (χ4n) is 4.12. The van der Waals surface area contributed by atoms with Crippen molar-refractivity contribution in [2.24, 2.45) is 0 Å². The maximum atomic E-state index is 12.3. The van der Waals surface area contributed by atoms with E-state index in [1.54, 1.807) is 6.26 Å². The van der Waals surface area contributed by atoms with Gasteiger partial charge in [-0.3, -0.25) is 4.79 Å². The van der Waals surface area contributed by atoms with Gasteiger partial charge in [-0.2, -0.15) is 0 Å². The lowest BCUT2D eigenvalue weighted by molar-refractivity contribution is -0.142. The molecule has 1 atom stereocenters. The average Bonchev–Trinajstić information content (AvgIpc) is 3.16. The number of amides is 1. The van der Waals surface area contributed by atoms with E-state index >= 15 is 0 Å². The highest BCUT2D eigenvalue weighted by Gasteiger charge is 2.45. The molecule has 126 valence electrons. The minimum atomic E-state index is -0.291. The standard InChI is InChI=1S/C18H26N2O3/c21-17(19-13-15-5-2-12-22-15)16-6-7-18(23-16)8-10-20(11-9-18)14-3-1-4-14/h2,5,12,14,16H,1,3-4,6-11,13H2,(H,19,21)/t16-/m1/s1. The third-order valence-corrected chi connectivity index (χ3v) is 5.86. The first-order valence-corrected chi connectivity index (χ1v) is 8.96. The lowest BCUT2D eigenvalue weighted by Crippen LogP contribution is -2.50. The molecular weight excluding hydrogens is 292 g/mol. The summed E-state index contributed by atoms with van der Waals surface area (Å²) in [6.45, 7) is 2.70. The largest absolute Gasteiger partial charge is 0.467 e. The molecule has 1 saturated carbocycles. The van der Waals surface area contributed by atoms with Gasteiger partial charge in [-0.15, -0.1) is 0 Å². The normalized spacial score (nSPS) is 27.9. The van der Waals surface area contributed by atoms with E-state index in [9.17, 15) is 4.79 Å². The van der Waals surface area contributed by atoms with E-state index in [2.05, 4.69) is 10.2 Å². The Morgan fingerprint density at radius 2 is 2.09 bits per heavy atom. The van der Waals surface area contributed by atoms with E-state index in [4.69, 9.17) is 9.15 Å². The number of hydrogen-bond acceptors (Lipinski definition) is 4. The molecule has 1 amide bonds. The number of furan rings is 1. The highest BCUT2D eigenvalue weighted by atomic mass is 16.5. The SMILES string of the molecule is O=C(NCc1ccco1)[C@H]1CCC2(CCN(C3CCC3)CC2)O1. The first kappa shape index (κ1) is 15.2. The van der Waals surface area contributed by atoms with Crippen LogP contribution in [-0.2, 0) is 16.1 Å². The molecule has 1 spiro atoms. The lowest BCUT2D eigenvalue weighted by atomic mass is 9.84. The van der Waals surface area contributed by atoms with Crippen LogP contribution in [0.3, 0.4) is 0 Å². The number of carbonyl (C=O) groups excluding carboxylic acids is 1. The van der Waals surface area contributed by atoms with Crippen LogP contribution in [-0.4, -0.2) is 41.6 Å². The van der Waals surface area contributed by atoms with Gasteiger partial charge >= 0.3 is 0 Å². The molecule has 1 aromatic rings. The van der Waals surface area contributed by atoms with Crippen LogP contribution in [0.2, 0.25) is 0 Å². The molecule has 2 saturated heterocycles. The molecule has 0 bridgehead atoms. The molecule has 0 radical (unpaired) electrons. The summed E-state index contributed by atoms with van der Waals surface area (Å²) < 4.78 is 11.5. The van der Waals surface area contributed by atoms with Crippen molar-refractivity contribution in [2.45, 2.75) is 69.2 Å². The highest BCUT2D eigenvalue weighted by molar-refractivity contribution is 5.81. The molecule has 1 aromatic heterocycles. The summed E-state index contributed by atoms with van der Waals surface area (Å²) >= 11 is 0. The first-order chi connectivity index (χ1) is 11.2. The van der Waals surface area contributed by atoms with Crippen molar-refractivity contribution >= 4 is 5.91 Å². The van der Waals surface area contributed by atoms with Gasteiger partial charge in [0.25, 0.3) is 0 Å². The summed E-state index contributed by atoms with van der Waals surface area (Å²) in [6, 6.07) is 4.52. The highest BCUT2D eigenvalue weighted by Crippen LogP contribution is 2.40. The van der Waals surface area contributed by atoms with Crippen LogP contribution in [0.15, 0.2) is 22.8 Å². The van der Waals surface area contributed by atoms with Gasteiger partial charge in [0.2, 0.25) is 5.91 Å². The van der Waals surface area contributed by atoms with Gasteiger partial charge in [-0.05, 0) is 50.7 Å². The Morgan fingerprint density at radius 1 is 1.26 bits per heavy atom. The molecule has 3 aliphatic rings. The molecule has 1 aliphatic carbocycles. The Hall–Kier alpha value is -1.33. The number of likely N-dealkylation sites (tertiary alicyclic amines) is 1. The van der Waals surface area contributed by atoms with Crippen molar-refractivity contribution in [3.63, 3.8) is 0 Å². The van der Waals surface area contributed by atoms with Gasteiger partial charge < -0.3 is 19.4 Å². The summed E-state index contributed by atoms with van der Waals surface area (Å²) in [5.74, 6) is 0.777. The Morgan fingerprint density at radius 3 is 2.74 bits per heavy atom. The summed E-state index contributed by atoms with van der Waals surface area (Å²) in [5, 5.41) is 2.93. The van der Waals surface area contributed by atoms with Gasteiger partial charge in [-0.1, -0.05) is 6.42 Å². The molecule has 4 rings (SSSR count). The zero-order valence-electron chi connectivity index (χ0n) is 13.6. The predicted octanol–water partition coefficient (Wildman–Crippen LogP) is 2.46. The first-order valence-electron chi connectivity index (χ1n) is 8.96. The fraction of sp³-hybridized carbons (Fsp3) is 0.722. The summed E-state index contributed by atoms with van der Waals surface area (Å²) in [6.07, 6.45) is 9.46. The molecule has 5 nitrogen and oxygen atoms in total.